The quantitative estimate of drug-likeness (QED) is 0.290. The first-order chi connectivity index (χ1) is 23.5. The van der Waals surface area contributed by atoms with Crippen molar-refractivity contribution < 1.29 is 14.6 Å². The molecular formula is C46H84Cl2O3. The molecule has 0 bridgehead atoms. The van der Waals surface area contributed by atoms with Gasteiger partial charge in [0, 0.05) is 14.2 Å². The zero-order valence-corrected chi connectivity index (χ0v) is 34.3. The highest BCUT2D eigenvalue weighted by Gasteiger charge is 2.62. The summed E-state index contributed by atoms with van der Waals surface area (Å²) in [5.74, 6) is 8.56. The number of hydrogen-bond donors (Lipinski definition) is 1. The molecule has 300 valence electrons. The van der Waals surface area contributed by atoms with E-state index in [1.807, 2.05) is 14.2 Å². The average Bonchev–Trinajstić information content (AvgIpc) is 3.64. The van der Waals surface area contributed by atoms with Gasteiger partial charge in [-0.15, -0.1) is 23.2 Å². The highest BCUT2D eigenvalue weighted by atomic mass is 35.5. The lowest BCUT2D eigenvalue weighted by Gasteiger charge is -2.62. The minimum atomic E-state index is -0.0190. The molecule has 1 N–H and O–H groups in total. The van der Waals surface area contributed by atoms with Crippen LogP contribution in [0.4, 0.5) is 0 Å². The number of hydrogen-bond acceptors (Lipinski definition) is 3. The Hall–Kier alpha value is 0.460. The van der Waals surface area contributed by atoms with Gasteiger partial charge in [-0.1, -0.05) is 55.9 Å². The fraction of sp³-hybridized carbons (Fsp3) is 1.00. The molecule has 8 rings (SSSR count). The highest BCUT2D eigenvalue weighted by Crippen LogP contribution is 2.69. The molecule has 0 saturated heterocycles. The lowest BCUT2D eigenvalue weighted by Crippen LogP contribution is -2.55. The molecule has 16 atom stereocenters. The number of fused-ring (bicyclic) bond motifs is 10. The number of halogens is 2. The van der Waals surface area contributed by atoms with E-state index in [9.17, 15) is 5.11 Å². The van der Waals surface area contributed by atoms with Crippen molar-refractivity contribution in [3.63, 3.8) is 0 Å². The van der Waals surface area contributed by atoms with Crippen LogP contribution in [0.1, 0.15) is 178 Å². The summed E-state index contributed by atoms with van der Waals surface area (Å²) in [6, 6.07) is 0. The minimum absolute atomic E-state index is 0. The monoisotopic (exact) mass is 755 g/mol. The van der Waals surface area contributed by atoms with E-state index >= 15 is 0 Å². The standard InChI is InChI=1S/C22H38O.C21H36O2.CH2Cl2.2CH4/c1-5-22-13-10-15(2)14-16(22)6-7-17-18-8-9-20(23-4)21(18,3)12-11-19(17)22;1-4-21-12-9-15(22)13-14(21)5-6-16-17-7-8-19(23-3)20(17,2)11-10-18(16)21;2-1-3;;/h15-20H,5-14H2,1-4H3;14-19,22H,4-13H2,1-3H3;1H2;2*1H4/t15-,16+,17+,18+,19+,20+,21+,22+;14-,15+,16-,17-,18-,19-,20-,21-;;;/m10.../s1. The first-order valence-electron chi connectivity index (χ1n) is 21.4. The van der Waals surface area contributed by atoms with E-state index in [1.54, 1.807) is 0 Å². The van der Waals surface area contributed by atoms with Crippen molar-refractivity contribution in [3.8, 4) is 0 Å². The van der Waals surface area contributed by atoms with Gasteiger partial charge in [0.2, 0.25) is 0 Å². The van der Waals surface area contributed by atoms with Gasteiger partial charge in [0.15, 0.2) is 0 Å². The first kappa shape index (κ1) is 44.2. The number of aliphatic hydroxyl groups excluding tert-OH is 1. The normalized spacial score (nSPS) is 50.7. The molecule has 0 heterocycles. The fourth-order valence-corrected chi connectivity index (χ4v) is 16.4. The largest absolute Gasteiger partial charge is 0.393 e. The van der Waals surface area contributed by atoms with Gasteiger partial charge < -0.3 is 14.6 Å². The summed E-state index contributed by atoms with van der Waals surface area (Å²) in [5, 5.41) is 10.4. The van der Waals surface area contributed by atoms with Crippen LogP contribution >= 0.6 is 23.2 Å². The van der Waals surface area contributed by atoms with Crippen LogP contribution in [0, 0.1) is 74.9 Å². The van der Waals surface area contributed by atoms with Crippen molar-refractivity contribution in [3.05, 3.63) is 0 Å². The molecule has 0 aliphatic heterocycles. The molecule has 8 aliphatic carbocycles. The smallest absolute Gasteiger partial charge is 0.0967 e. The van der Waals surface area contributed by atoms with Crippen molar-refractivity contribution in [2.75, 3.05) is 19.6 Å². The van der Waals surface area contributed by atoms with E-state index in [0.29, 0.717) is 33.9 Å². The zero-order chi connectivity index (χ0) is 35.2. The topological polar surface area (TPSA) is 38.7 Å². The predicted octanol–water partition coefficient (Wildman–Crippen LogP) is 13.6. The molecule has 3 nitrogen and oxygen atoms in total. The van der Waals surface area contributed by atoms with E-state index in [2.05, 4.69) is 34.6 Å². The second-order valence-corrected chi connectivity index (χ2v) is 20.4. The molecule has 0 radical (unpaired) electrons. The van der Waals surface area contributed by atoms with Crippen LogP contribution in [0.25, 0.3) is 0 Å². The van der Waals surface area contributed by atoms with Crippen molar-refractivity contribution in [1.82, 2.24) is 0 Å². The van der Waals surface area contributed by atoms with Gasteiger partial charge >= 0.3 is 0 Å². The van der Waals surface area contributed by atoms with Crippen molar-refractivity contribution in [1.29, 1.82) is 0 Å². The predicted molar refractivity (Wildman–Crippen MR) is 219 cm³/mol. The van der Waals surface area contributed by atoms with Crippen LogP contribution < -0.4 is 0 Å². The molecule has 0 amide bonds. The Morgan fingerprint density at radius 3 is 1.43 bits per heavy atom. The average molecular weight is 756 g/mol. The van der Waals surface area contributed by atoms with Crippen molar-refractivity contribution in [2.45, 2.75) is 196 Å². The van der Waals surface area contributed by atoms with Crippen LogP contribution in [0.5, 0.6) is 0 Å². The molecule has 8 saturated carbocycles. The van der Waals surface area contributed by atoms with E-state index in [-0.39, 0.29) is 26.3 Å². The molecule has 0 aromatic heterocycles. The molecule has 5 heteroatoms. The summed E-state index contributed by atoms with van der Waals surface area (Å²) in [5.41, 5.74) is 2.18. The molecular weight excluding hydrogens is 671 g/mol. The molecule has 0 aromatic rings. The minimum Gasteiger partial charge on any atom is -0.393 e. The molecule has 0 unspecified atom stereocenters. The maximum absolute atomic E-state index is 10.2. The Bertz CT molecular complexity index is 1000. The Balaban J connectivity index is 0.000000205. The van der Waals surface area contributed by atoms with Crippen LogP contribution in [0.15, 0.2) is 0 Å². The SMILES string of the molecule is C.C.CC[C@]12CC[C@@H](C)C[C@@H]1CC[C@H]1[C@@H]3CC[C@H](OC)[C@@]3(C)CC[C@@H]12.CC[C@]12CC[C@@H](O)C[C@@H]1CC[C@H]1[C@@H]3CC[C@H](OC)[C@@]3(C)CC[C@@H]12.ClCCl. The third-order valence-corrected chi connectivity index (χ3v) is 18.7. The van der Waals surface area contributed by atoms with Gasteiger partial charge in [0.05, 0.1) is 23.7 Å². The van der Waals surface area contributed by atoms with Crippen molar-refractivity contribution >= 4 is 23.2 Å². The summed E-state index contributed by atoms with van der Waals surface area (Å²) < 4.78 is 11.8. The lowest BCUT2D eigenvalue weighted by molar-refractivity contribution is -0.146. The van der Waals surface area contributed by atoms with Crippen LogP contribution in [0.2, 0.25) is 0 Å². The third kappa shape index (κ3) is 7.41. The number of ether oxygens (including phenoxy) is 2. The lowest BCUT2D eigenvalue weighted by atomic mass is 9.43. The first-order valence-corrected chi connectivity index (χ1v) is 22.4. The summed E-state index contributed by atoms with van der Waals surface area (Å²) in [6.45, 7) is 12.6. The van der Waals surface area contributed by atoms with Gasteiger partial charge in [0.25, 0.3) is 0 Å². The Morgan fingerprint density at radius 2 is 1.00 bits per heavy atom. The van der Waals surface area contributed by atoms with Gasteiger partial charge in [-0.3, -0.25) is 0 Å². The number of aliphatic hydroxyl groups is 1. The molecule has 51 heavy (non-hydrogen) atoms. The van der Waals surface area contributed by atoms with Gasteiger partial charge in [-0.25, -0.2) is 0 Å². The summed E-state index contributed by atoms with van der Waals surface area (Å²) in [6.07, 6.45) is 28.8. The zero-order valence-electron chi connectivity index (χ0n) is 32.8. The molecule has 0 spiro atoms. The number of rotatable bonds is 4. The molecule has 8 fully saturated rings. The number of methoxy groups -OCH3 is 2. The van der Waals surface area contributed by atoms with Gasteiger partial charge in [-0.05, 0) is 197 Å². The van der Waals surface area contributed by atoms with E-state index in [1.165, 1.54) is 116 Å². The van der Waals surface area contributed by atoms with Crippen LogP contribution in [-0.4, -0.2) is 43.0 Å². The fourth-order valence-electron chi connectivity index (χ4n) is 16.4. The second-order valence-electron chi connectivity index (χ2n) is 19.6. The maximum Gasteiger partial charge on any atom is 0.0967 e. The summed E-state index contributed by atoms with van der Waals surface area (Å²) in [7, 11) is 3.88. The van der Waals surface area contributed by atoms with Crippen LogP contribution in [0.3, 0.4) is 0 Å². The maximum atomic E-state index is 10.2. The Kier molecular flexibility index (Phi) is 15.4. The molecule has 0 aromatic carbocycles. The Labute approximate surface area is 327 Å². The van der Waals surface area contributed by atoms with E-state index in [4.69, 9.17) is 32.7 Å². The highest BCUT2D eigenvalue weighted by molar-refractivity contribution is 6.40. The number of alkyl halides is 2. The van der Waals surface area contributed by atoms with Gasteiger partial charge in [-0.2, -0.15) is 0 Å². The van der Waals surface area contributed by atoms with Crippen LogP contribution in [-0.2, 0) is 9.47 Å². The summed E-state index contributed by atoms with van der Waals surface area (Å²) >= 11 is 9.53. The van der Waals surface area contributed by atoms with E-state index < -0.39 is 0 Å². The van der Waals surface area contributed by atoms with Gasteiger partial charge in [0.1, 0.15) is 0 Å². The molecule has 8 aliphatic rings. The summed E-state index contributed by atoms with van der Waals surface area (Å²) in [4.78, 5) is 0. The second kappa shape index (κ2) is 17.7. The van der Waals surface area contributed by atoms with Crippen molar-refractivity contribution in [2.24, 2.45) is 74.9 Å². The van der Waals surface area contributed by atoms with E-state index in [0.717, 1.165) is 66.1 Å². The third-order valence-electron chi connectivity index (χ3n) is 18.7. The Morgan fingerprint density at radius 1 is 0.569 bits per heavy atom.